The van der Waals surface area contributed by atoms with Crippen LogP contribution in [0.5, 0.6) is 0 Å². The Labute approximate surface area is 204 Å². The first kappa shape index (κ1) is 23.7. The summed E-state index contributed by atoms with van der Waals surface area (Å²) in [7, 11) is 0. The van der Waals surface area contributed by atoms with Gasteiger partial charge >= 0.3 is 0 Å². The topological polar surface area (TPSA) is 67.2 Å². The smallest absolute Gasteiger partial charge is 0.264 e. The predicted octanol–water partition coefficient (Wildman–Crippen LogP) is 5.34. The van der Waals surface area contributed by atoms with Gasteiger partial charge in [-0.15, -0.1) is 11.3 Å². The fraction of sp³-hybridized carbons (Fsp3) is 0.296. The number of carbonyl (C=O) groups is 2. The number of thiophene rings is 1. The fourth-order valence-electron chi connectivity index (χ4n) is 3.82. The van der Waals surface area contributed by atoms with Crippen LogP contribution in [0.3, 0.4) is 0 Å². The molecule has 6 nitrogen and oxygen atoms in total. The Morgan fingerprint density at radius 3 is 2.29 bits per heavy atom. The van der Waals surface area contributed by atoms with Crippen molar-refractivity contribution in [1.82, 2.24) is 20.0 Å². The molecular weight excluding hydrogens is 444 g/mol. The average molecular weight is 475 g/mol. The van der Waals surface area contributed by atoms with Crippen molar-refractivity contribution >= 4 is 33.4 Å². The van der Waals surface area contributed by atoms with E-state index in [4.69, 9.17) is 0 Å². The van der Waals surface area contributed by atoms with E-state index >= 15 is 0 Å². The summed E-state index contributed by atoms with van der Waals surface area (Å²) in [4.78, 5) is 30.0. The van der Waals surface area contributed by atoms with Gasteiger partial charge in [0.1, 0.15) is 10.9 Å². The van der Waals surface area contributed by atoms with Crippen LogP contribution in [0.25, 0.3) is 15.9 Å². The summed E-state index contributed by atoms with van der Waals surface area (Å²) < 4.78 is 1.88. The van der Waals surface area contributed by atoms with E-state index in [-0.39, 0.29) is 17.4 Å². The van der Waals surface area contributed by atoms with Crippen LogP contribution < -0.4 is 5.32 Å². The molecule has 176 valence electrons. The molecule has 0 aliphatic rings. The first-order chi connectivity index (χ1) is 16.1. The third kappa shape index (κ3) is 5.04. The molecular formula is C27H30N4O2S. The number of fused-ring (bicyclic) bond motifs is 1. The quantitative estimate of drug-likeness (QED) is 0.410. The van der Waals surface area contributed by atoms with Gasteiger partial charge in [-0.2, -0.15) is 5.10 Å². The molecule has 34 heavy (non-hydrogen) atoms. The Morgan fingerprint density at radius 2 is 1.68 bits per heavy atom. The lowest BCUT2D eigenvalue weighted by molar-refractivity contribution is -0.126. The monoisotopic (exact) mass is 474 g/mol. The Bertz CT molecular complexity index is 1300. The second kappa shape index (κ2) is 9.43. The highest BCUT2D eigenvalue weighted by atomic mass is 32.1. The molecule has 0 spiro atoms. The van der Waals surface area contributed by atoms with E-state index < -0.39 is 6.04 Å². The van der Waals surface area contributed by atoms with Crippen LogP contribution in [0.4, 0.5) is 0 Å². The average Bonchev–Trinajstić information content (AvgIpc) is 3.37. The molecule has 1 atom stereocenters. The van der Waals surface area contributed by atoms with Crippen LogP contribution in [0.1, 0.15) is 48.6 Å². The van der Waals surface area contributed by atoms with Crippen molar-refractivity contribution in [3.63, 3.8) is 0 Å². The van der Waals surface area contributed by atoms with E-state index in [0.717, 1.165) is 27.2 Å². The minimum absolute atomic E-state index is 0.166. The van der Waals surface area contributed by atoms with Gasteiger partial charge in [0.25, 0.3) is 5.91 Å². The van der Waals surface area contributed by atoms with E-state index in [1.165, 1.54) is 11.3 Å². The van der Waals surface area contributed by atoms with Crippen LogP contribution in [0.15, 0.2) is 66.7 Å². The Morgan fingerprint density at radius 1 is 1.06 bits per heavy atom. The van der Waals surface area contributed by atoms with E-state index in [2.05, 4.69) is 10.4 Å². The maximum atomic E-state index is 13.8. The third-order valence-electron chi connectivity index (χ3n) is 5.56. The van der Waals surface area contributed by atoms with E-state index in [9.17, 15) is 9.59 Å². The number of carbonyl (C=O) groups excluding carboxylic acids is 2. The molecule has 2 aromatic carbocycles. The first-order valence-corrected chi connectivity index (χ1v) is 12.2. The number of para-hydroxylation sites is 1. The number of aryl methyl sites for hydroxylation is 1. The molecule has 7 heteroatoms. The van der Waals surface area contributed by atoms with Gasteiger partial charge in [0.2, 0.25) is 5.91 Å². The number of nitrogens with zero attached hydrogens (tertiary/aromatic N) is 3. The minimum Gasteiger partial charge on any atom is -0.350 e. The summed E-state index contributed by atoms with van der Waals surface area (Å²) in [5, 5.41) is 8.63. The molecule has 0 fully saturated rings. The van der Waals surface area contributed by atoms with Crippen molar-refractivity contribution in [2.45, 2.75) is 52.7 Å². The summed E-state index contributed by atoms with van der Waals surface area (Å²) >= 11 is 1.41. The van der Waals surface area contributed by atoms with Crippen molar-refractivity contribution in [2.24, 2.45) is 0 Å². The lowest BCUT2D eigenvalue weighted by Crippen LogP contribution is -2.52. The third-order valence-corrected chi connectivity index (χ3v) is 6.66. The number of nitrogens with one attached hydrogen (secondary N) is 1. The first-order valence-electron chi connectivity index (χ1n) is 11.4. The molecule has 0 bridgehead atoms. The van der Waals surface area contributed by atoms with Crippen molar-refractivity contribution < 1.29 is 9.59 Å². The number of aromatic nitrogens is 2. The maximum absolute atomic E-state index is 13.8. The van der Waals surface area contributed by atoms with Gasteiger partial charge in [0.05, 0.1) is 16.3 Å². The molecule has 1 N–H and O–H groups in total. The van der Waals surface area contributed by atoms with E-state index in [1.54, 1.807) is 11.8 Å². The van der Waals surface area contributed by atoms with Gasteiger partial charge in [0, 0.05) is 17.5 Å². The van der Waals surface area contributed by atoms with Crippen LogP contribution in [-0.2, 0) is 11.3 Å². The zero-order valence-electron chi connectivity index (χ0n) is 20.2. The molecule has 2 amide bonds. The standard InChI is InChI=1S/C27H30N4O2S/c1-18-22-16-23(34-26(22)31(29-18)21-14-10-7-11-15-21)25(33)30(17-20-12-8-6-9-13-20)19(2)24(32)28-27(3,4)5/h6-16,19H,17H2,1-5H3,(H,28,32)/t19-/m0/s1. The van der Waals surface area contributed by atoms with Crippen LogP contribution in [0.2, 0.25) is 0 Å². The highest BCUT2D eigenvalue weighted by Crippen LogP contribution is 2.31. The Hall–Kier alpha value is -3.45. The predicted molar refractivity (Wildman–Crippen MR) is 137 cm³/mol. The summed E-state index contributed by atoms with van der Waals surface area (Å²) in [6, 6.07) is 20.9. The zero-order valence-corrected chi connectivity index (χ0v) is 21.0. The van der Waals surface area contributed by atoms with Crippen LogP contribution >= 0.6 is 11.3 Å². The van der Waals surface area contributed by atoms with Gasteiger partial charge in [-0.1, -0.05) is 48.5 Å². The summed E-state index contributed by atoms with van der Waals surface area (Å²) in [5.74, 6) is -0.342. The molecule has 0 radical (unpaired) electrons. The molecule has 2 heterocycles. The van der Waals surface area contributed by atoms with Gasteiger partial charge < -0.3 is 10.2 Å². The minimum atomic E-state index is -0.635. The number of benzene rings is 2. The summed E-state index contributed by atoms with van der Waals surface area (Å²) in [6.07, 6.45) is 0. The SMILES string of the molecule is Cc1nn(-c2ccccc2)c2sc(C(=O)N(Cc3ccccc3)[C@@H](C)C(=O)NC(C)(C)C)cc12. The number of hydrogen-bond acceptors (Lipinski definition) is 4. The zero-order chi connectivity index (χ0) is 24.5. The highest BCUT2D eigenvalue weighted by molar-refractivity contribution is 7.20. The Balaban J connectivity index is 1.71. The van der Waals surface area contributed by atoms with Crippen molar-refractivity contribution in [2.75, 3.05) is 0 Å². The number of rotatable bonds is 6. The van der Waals surface area contributed by atoms with Crippen LogP contribution in [-0.4, -0.2) is 38.1 Å². The summed E-state index contributed by atoms with van der Waals surface area (Å²) in [5.41, 5.74) is 2.39. The van der Waals surface area contributed by atoms with E-state index in [0.29, 0.717) is 11.4 Å². The number of hydrogen-bond donors (Lipinski definition) is 1. The summed E-state index contributed by atoms with van der Waals surface area (Å²) in [6.45, 7) is 9.88. The molecule has 0 saturated carbocycles. The molecule has 0 saturated heterocycles. The molecule has 4 aromatic rings. The number of amides is 2. The van der Waals surface area contributed by atoms with Crippen molar-refractivity contribution in [3.05, 3.63) is 82.9 Å². The second-order valence-corrected chi connectivity index (χ2v) is 10.5. The molecule has 2 aromatic heterocycles. The highest BCUT2D eigenvalue weighted by Gasteiger charge is 2.30. The molecule has 0 aliphatic heterocycles. The molecule has 0 aliphatic carbocycles. The molecule has 4 rings (SSSR count). The van der Waals surface area contributed by atoms with Crippen LogP contribution in [0, 0.1) is 6.92 Å². The van der Waals surface area contributed by atoms with Gasteiger partial charge in [0.15, 0.2) is 0 Å². The van der Waals surface area contributed by atoms with Crippen molar-refractivity contribution in [1.29, 1.82) is 0 Å². The lowest BCUT2D eigenvalue weighted by Gasteiger charge is -2.31. The lowest BCUT2D eigenvalue weighted by atomic mass is 10.1. The van der Waals surface area contributed by atoms with Gasteiger partial charge in [-0.05, 0) is 58.4 Å². The van der Waals surface area contributed by atoms with E-state index in [1.807, 2.05) is 99.1 Å². The fourth-order valence-corrected chi connectivity index (χ4v) is 4.96. The Kier molecular flexibility index (Phi) is 6.57. The van der Waals surface area contributed by atoms with Crippen molar-refractivity contribution in [3.8, 4) is 5.69 Å². The van der Waals surface area contributed by atoms with Gasteiger partial charge in [-0.25, -0.2) is 4.68 Å². The largest absolute Gasteiger partial charge is 0.350 e. The van der Waals surface area contributed by atoms with Gasteiger partial charge in [-0.3, -0.25) is 9.59 Å². The normalized spacial score (nSPS) is 12.5. The maximum Gasteiger partial charge on any atom is 0.264 e. The second-order valence-electron chi connectivity index (χ2n) is 9.50. The molecule has 0 unspecified atom stereocenters.